The Morgan fingerprint density at radius 1 is 1.15 bits per heavy atom. The molecule has 0 saturated heterocycles. The first-order valence-electron chi connectivity index (χ1n) is 11.1. The van der Waals surface area contributed by atoms with Crippen molar-refractivity contribution in [1.29, 1.82) is 0 Å². The van der Waals surface area contributed by atoms with Crippen molar-refractivity contribution in [2.75, 3.05) is 0 Å². The quantitative estimate of drug-likeness (QED) is 0.482. The van der Waals surface area contributed by atoms with Gasteiger partial charge in [-0.2, -0.15) is 18.3 Å². The van der Waals surface area contributed by atoms with Gasteiger partial charge < -0.3 is 10.4 Å². The minimum Gasteiger partial charge on any atom is -0.481 e. The van der Waals surface area contributed by atoms with Crippen molar-refractivity contribution in [2.45, 2.75) is 44.8 Å². The molecule has 9 heteroatoms. The summed E-state index contributed by atoms with van der Waals surface area (Å²) in [6, 6.07) is 10.4. The second-order valence-corrected chi connectivity index (χ2v) is 9.70. The van der Waals surface area contributed by atoms with Crippen molar-refractivity contribution in [3.05, 3.63) is 64.8 Å². The number of nitrogens with one attached hydrogen (secondary N) is 2. The summed E-state index contributed by atoms with van der Waals surface area (Å²) in [6.45, 7) is 3.96. The lowest BCUT2D eigenvalue weighted by Crippen LogP contribution is -2.86. The number of hydrogen-bond acceptors (Lipinski definition) is 3. The highest BCUT2D eigenvalue weighted by Crippen LogP contribution is 2.76. The van der Waals surface area contributed by atoms with Gasteiger partial charge in [-0.15, -0.1) is 0 Å². The third kappa shape index (κ3) is 3.13. The summed E-state index contributed by atoms with van der Waals surface area (Å²) in [7, 11) is 0. The summed E-state index contributed by atoms with van der Waals surface area (Å²) in [6.07, 6.45) is -3.33. The summed E-state index contributed by atoms with van der Waals surface area (Å²) in [4.78, 5) is 24.6. The van der Waals surface area contributed by atoms with Crippen LogP contribution in [0.3, 0.4) is 0 Å². The molecule has 0 radical (unpaired) electrons. The lowest BCUT2D eigenvalue weighted by atomic mass is 9.27. The van der Waals surface area contributed by atoms with Gasteiger partial charge in [-0.05, 0) is 59.4 Å². The van der Waals surface area contributed by atoms with E-state index in [1.54, 1.807) is 6.07 Å². The van der Waals surface area contributed by atoms with E-state index in [0.717, 1.165) is 17.7 Å². The average Bonchev–Trinajstić information content (AvgIpc) is 3.23. The highest BCUT2D eigenvalue weighted by Gasteiger charge is 2.79. The predicted molar refractivity (Wildman–Crippen MR) is 118 cm³/mol. The van der Waals surface area contributed by atoms with Crippen LogP contribution in [0.2, 0.25) is 0 Å². The molecule has 3 unspecified atom stereocenters. The van der Waals surface area contributed by atoms with E-state index in [0.29, 0.717) is 29.3 Å². The summed E-state index contributed by atoms with van der Waals surface area (Å²) in [5.74, 6) is -1.07. The molecule has 0 aliphatic heterocycles. The number of carboxylic acids is 1. The molecule has 2 bridgehead atoms. The minimum atomic E-state index is -4.40. The molecule has 3 aliphatic carbocycles. The van der Waals surface area contributed by atoms with Crippen molar-refractivity contribution in [3.63, 3.8) is 0 Å². The van der Waals surface area contributed by atoms with Gasteiger partial charge >= 0.3 is 12.1 Å². The molecule has 3 aliphatic rings. The number of carbonyl (C=O) groups is 2. The maximum Gasteiger partial charge on any atom is 0.416 e. The van der Waals surface area contributed by atoms with Crippen LogP contribution in [0.4, 0.5) is 13.2 Å². The number of carbonyl (C=O) groups excluding carboxylic acids is 1. The van der Waals surface area contributed by atoms with Crippen molar-refractivity contribution < 1.29 is 27.9 Å². The second-order valence-electron chi connectivity index (χ2n) is 9.70. The minimum absolute atomic E-state index is 0.0480. The van der Waals surface area contributed by atoms with Crippen LogP contribution >= 0.6 is 0 Å². The maximum absolute atomic E-state index is 13.3. The average molecular weight is 471 g/mol. The molecule has 3 aromatic rings. The molecule has 1 aromatic heterocycles. The van der Waals surface area contributed by atoms with Crippen LogP contribution in [0.25, 0.3) is 10.9 Å². The summed E-state index contributed by atoms with van der Waals surface area (Å²) < 4.78 is 38.6. The first kappa shape index (κ1) is 22.4. The van der Waals surface area contributed by atoms with E-state index in [4.69, 9.17) is 0 Å². The molecule has 6 rings (SSSR count). The monoisotopic (exact) mass is 471 g/mol. The topological polar surface area (TPSA) is 95.1 Å². The molecule has 1 heterocycles. The molecule has 34 heavy (non-hydrogen) atoms. The van der Waals surface area contributed by atoms with Crippen LogP contribution in [-0.2, 0) is 17.4 Å². The Morgan fingerprint density at radius 2 is 1.82 bits per heavy atom. The number of fused-ring (bicyclic) bond motifs is 1. The van der Waals surface area contributed by atoms with Gasteiger partial charge in [0.25, 0.3) is 5.91 Å². The van der Waals surface area contributed by atoms with Gasteiger partial charge in [-0.25, -0.2) is 0 Å². The predicted octanol–water partition coefficient (Wildman–Crippen LogP) is 4.79. The normalized spacial score (nSPS) is 27.7. The van der Waals surface area contributed by atoms with Crippen LogP contribution < -0.4 is 5.32 Å². The van der Waals surface area contributed by atoms with Gasteiger partial charge in [0.2, 0.25) is 0 Å². The number of H-pyrrole nitrogens is 1. The Bertz CT molecular complexity index is 1290. The molecule has 4 atom stereocenters. The van der Waals surface area contributed by atoms with Gasteiger partial charge in [0.15, 0.2) is 5.69 Å². The summed E-state index contributed by atoms with van der Waals surface area (Å²) >= 11 is 0. The first-order chi connectivity index (χ1) is 16.0. The number of aromatic nitrogens is 2. The number of rotatable bonds is 6. The summed E-state index contributed by atoms with van der Waals surface area (Å²) in [5.41, 5.74) is 0.924. The van der Waals surface area contributed by atoms with Gasteiger partial charge in [0.1, 0.15) is 0 Å². The van der Waals surface area contributed by atoms with Crippen LogP contribution in [-0.4, -0.2) is 32.7 Å². The van der Waals surface area contributed by atoms with E-state index in [1.165, 1.54) is 12.1 Å². The molecule has 3 N–H and O–H groups in total. The zero-order valence-electron chi connectivity index (χ0n) is 18.7. The Balaban J connectivity index is 1.39. The zero-order chi connectivity index (χ0) is 24.5. The van der Waals surface area contributed by atoms with Crippen LogP contribution in [0, 0.1) is 17.3 Å². The number of nitrogens with zero attached hydrogens (tertiary/aromatic N) is 1. The fraction of sp³-hybridized carbons (Fsp3) is 0.400. The third-order valence-electron chi connectivity index (χ3n) is 8.28. The number of carboxylic acid groups (broad SMARTS) is 1. The summed E-state index contributed by atoms with van der Waals surface area (Å²) in [5, 5.41) is 20.1. The largest absolute Gasteiger partial charge is 0.481 e. The lowest BCUT2D eigenvalue weighted by molar-refractivity contribution is -0.277. The van der Waals surface area contributed by atoms with E-state index in [2.05, 4.69) is 15.5 Å². The molecule has 3 fully saturated rings. The molecule has 2 aromatic carbocycles. The van der Waals surface area contributed by atoms with Gasteiger partial charge in [-0.3, -0.25) is 14.7 Å². The van der Waals surface area contributed by atoms with E-state index >= 15 is 0 Å². The molecule has 6 nitrogen and oxygen atoms in total. The second kappa shape index (κ2) is 7.32. The molecule has 178 valence electrons. The van der Waals surface area contributed by atoms with E-state index in [9.17, 15) is 27.9 Å². The van der Waals surface area contributed by atoms with Gasteiger partial charge in [-0.1, -0.05) is 38.1 Å². The van der Waals surface area contributed by atoms with Crippen LogP contribution in [0.5, 0.6) is 0 Å². The zero-order valence-corrected chi connectivity index (χ0v) is 18.7. The number of alkyl halides is 3. The smallest absolute Gasteiger partial charge is 0.416 e. The van der Waals surface area contributed by atoms with Crippen molar-refractivity contribution in [2.24, 2.45) is 17.3 Å². The number of aromatic amines is 1. The lowest BCUT2D eigenvalue weighted by Gasteiger charge is -2.80. The molecule has 1 amide bonds. The number of halogens is 3. The number of amides is 1. The van der Waals surface area contributed by atoms with Crippen molar-refractivity contribution in [1.82, 2.24) is 15.5 Å². The Morgan fingerprint density at radius 3 is 2.41 bits per heavy atom. The molecular formula is C25H24F3N3O3. The number of aliphatic carboxylic acids is 1. The van der Waals surface area contributed by atoms with Crippen molar-refractivity contribution in [3.8, 4) is 0 Å². The van der Waals surface area contributed by atoms with E-state index < -0.39 is 23.2 Å². The molecule has 3 saturated carbocycles. The molecule has 0 spiro atoms. The van der Waals surface area contributed by atoms with Crippen LogP contribution in [0.1, 0.15) is 53.9 Å². The van der Waals surface area contributed by atoms with Gasteiger partial charge in [0.05, 0.1) is 17.5 Å². The van der Waals surface area contributed by atoms with Gasteiger partial charge in [0, 0.05) is 10.9 Å². The number of benzene rings is 2. The maximum atomic E-state index is 13.3. The van der Waals surface area contributed by atoms with Crippen LogP contribution in [0.15, 0.2) is 42.5 Å². The van der Waals surface area contributed by atoms with Crippen molar-refractivity contribution >= 4 is 22.8 Å². The third-order valence-corrected chi connectivity index (χ3v) is 8.28. The Hall–Kier alpha value is -3.36. The molecular weight excluding hydrogens is 447 g/mol. The highest BCUT2D eigenvalue weighted by atomic mass is 19.4. The van der Waals surface area contributed by atoms with E-state index in [-0.39, 0.29) is 35.3 Å². The first-order valence-corrected chi connectivity index (χ1v) is 11.1. The Labute approximate surface area is 193 Å². The van der Waals surface area contributed by atoms with E-state index in [1.807, 2.05) is 26.0 Å². The Kier molecular flexibility index (Phi) is 4.83. The standard InChI is InChI=1S/C25H24F3N3O3/c1-13-23(11-19(32)33)12-24(13,14(23)2)29-22(34)21-20-16(4-3-5-18(20)30-31-21)10-15-6-8-17(9-7-15)25(26,27)28/h3-9,13-14H,10-12H2,1-2H3,(H,29,34)(H,30,31)(H,32,33)/t13-,14?,23?,24?/m0/s1. The fourth-order valence-electron chi connectivity index (χ4n) is 6.24. The SMILES string of the molecule is CC1C2(CC(=O)O)CC1(NC(=O)c1n[nH]c3cccc(Cc4ccc(C(F)(F)F)cc4)c13)[C@H]2C. The highest BCUT2D eigenvalue weighted by molar-refractivity contribution is 6.06. The fourth-order valence-corrected chi connectivity index (χ4v) is 6.24. The number of hydrogen-bond donors (Lipinski definition) is 3.